The second kappa shape index (κ2) is 8.91. The lowest BCUT2D eigenvalue weighted by Gasteiger charge is -2.46. The third-order valence-electron chi connectivity index (χ3n) is 6.95. The van der Waals surface area contributed by atoms with E-state index < -0.39 is 29.2 Å². The van der Waals surface area contributed by atoms with E-state index in [1.165, 1.54) is 11.2 Å². The Labute approximate surface area is 208 Å². The van der Waals surface area contributed by atoms with Crippen molar-refractivity contribution in [1.29, 1.82) is 0 Å². The minimum atomic E-state index is -4.75. The van der Waals surface area contributed by atoms with Gasteiger partial charge in [-0.1, -0.05) is 0 Å². The first-order valence-corrected chi connectivity index (χ1v) is 11.7. The van der Waals surface area contributed by atoms with Gasteiger partial charge in [-0.25, -0.2) is 19.3 Å². The van der Waals surface area contributed by atoms with Gasteiger partial charge < -0.3 is 9.88 Å². The van der Waals surface area contributed by atoms with Crippen molar-refractivity contribution in [3.8, 4) is 11.3 Å². The molecule has 1 radical (unpaired) electrons. The smallest absolute Gasteiger partial charge is 0.346 e. The Bertz CT molecular complexity index is 1450. The number of carbonyl (C=O) groups is 1. The lowest BCUT2D eigenvalue weighted by molar-refractivity contribution is -0.141. The monoisotopic (exact) mass is 513 g/mol. The van der Waals surface area contributed by atoms with Crippen LogP contribution in [0.5, 0.6) is 0 Å². The topological polar surface area (TPSA) is 95.8 Å². The van der Waals surface area contributed by atoms with Crippen LogP contribution in [0.15, 0.2) is 43.2 Å². The Balaban J connectivity index is 1.05. The third kappa shape index (κ3) is 4.32. The second-order valence-electron chi connectivity index (χ2n) is 9.18. The highest BCUT2D eigenvalue weighted by Gasteiger charge is 2.38. The van der Waals surface area contributed by atoms with E-state index in [2.05, 4.69) is 29.9 Å². The van der Waals surface area contributed by atoms with Crippen molar-refractivity contribution in [3.05, 3.63) is 66.4 Å². The van der Waals surface area contributed by atoms with Crippen LogP contribution in [-0.4, -0.2) is 77.6 Å². The van der Waals surface area contributed by atoms with Gasteiger partial charge in [0, 0.05) is 55.6 Å². The highest BCUT2D eigenvalue weighted by atomic mass is 19.4. The van der Waals surface area contributed by atoms with Gasteiger partial charge in [-0.05, 0) is 25.0 Å². The van der Waals surface area contributed by atoms with Crippen molar-refractivity contribution >= 4 is 16.9 Å². The van der Waals surface area contributed by atoms with Crippen molar-refractivity contribution < 1.29 is 22.4 Å². The number of amides is 1. The molecule has 0 aromatic carbocycles. The van der Waals surface area contributed by atoms with Gasteiger partial charge in [-0.3, -0.25) is 14.4 Å². The largest absolute Gasteiger partial charge is 0.433 e. The van der Waals surface area contributed by atoms with Crippen molar-refractivity contribution in [1.82, 2.24) is 39.5 Å². The molecule has 9 nitrogen and oxygen atoms in total. The number of hydrogen-bond acceptors (Lipinski definition) is 6. The second-order valence-corrected chi connectivity index (χ2v) is 9.18. The molecule has 6 rings (SSSR count). The van der Waals surface area contributed by atoms with Gasteiger partial charge in [0.2, 0.25) is 0 Å². The SMILES string of the molecule is O=C(c1cc(C(F)(F)F)ncc1F)N1CCC(N2C[C](n3cc(-c4ncnc5[nH]ccc45)cn3)C2)CC1. The van der Waals surface area contributed by atoms with Crippen LogP contribution >= 0.6 is 0 Å². The van der Waals surface area contributed by atoms with Gasteiger partial charge in [0.15, 0.2) is 5.82 Å². The molecule has 2 saturated heterocycles. The molecule has 13 heteroatoms. The number of nitrogens with zero attached hydrogens (tertiary/aromatic N) is 7. The number of H-pyrrole nitrogens is 1. The summed E-state index contributed by atoms with van der Waals surface area (Å²) in [5.41, 5.74) is 0.573. The maximum Gasteiger partial charge on any atom is 0.433 e. The number of piperidine rings is 1. The number of aromatic amines is 1. The van der Waals surface area contributed by atoms with Crippen molar-refractivity contribution in [2.75, 3.05) is 26.2 Å². The lowest BCUT2D eigenvalue weighted by atomic mass is 9.97. The fourth-order valence-electron chi connectivity index (χ4n) is 4.91. The van der Waals surface area contributed by atoms with Crippen LogP contribution in [0.2, 0.25) is 0 Å². The summed E-state index contributed by atoms with van der Waals surface area (Å²) in [7, 11) is 0. The molecule has 6 heterocycles. The van der Waals surface area contributed by atoms with E-state index in [1.54, 1.807) is 6.20 Å². The normalized spacial score (nSPS) is 17.9. The minimum Gasteiger partial charge on any atom is -0.346 e. The molecule has 0 aliphatic carbocycles. The highest BCUT2D eigenvalue weighted by Crippen LogP contribution is 2.31. The number of fused-ring (bicyclic) bond motifs is 1. The lowest BCUT2D eigenvalue weighted by Crippen LogP contribution is -2.56. The van der Waals surface area contributed by atoms with E-state index >= 15 is 0 Å². The molecule has 1 amide bonds. The van der Waals surface area contributed by atoms with Crippen LogP contribution in [-0.2, 0) is 6.18 Å². The molecule has 0 bridgehead atoms. The number of alkyl halides is 3. The Hall–Kier alpha value is -3.87. The molecule has 0 spiro atoms. The number of aromatic nitrogens is 6. The molecule has 4 aromatic heterocycles. The van der Waals surface area contributed by atoms with Gasteiger partial charge in [-0.15, -0.1) is 0 Å². The Morgan fingerprint density at radius 3 is 2.62 bits per heavy atom. The van der Waals surface area contributed by atoms with Crippen molar-refractivity contribution in [2.24, 2.45) is 0 Å². The summed E-state index contributed by atoms with van der Waals surface area (Å²) in [5, 5.41) is 5.42. The molecule has 191 valence electrons. The molecule has 37 heavy (non-hydrogen) atoms. The molecule has 1 N–H and O–H groups in total. The number of pyridine rings is 1. The zero-order valence-corrected chi connectivity index (χ0v) is 19.4. The number of nitrogens with one attached hydrogen (secondary N) is 1. The van der Waals surface area contributed by atoms with Gasteiger partial charge >= 0.3 is 6.18 Å². The van der Waals surface area contributed by atoms with Crippen LogP contribution in [0.25, 0.3) is 22.3 Å². The fraction of sp³-hybridized carbons (Fsp3) is 0.333. The molecule has 0 saturated carbocycles. The van der Waals surface area contributed by atoms with E-state index in [4.69, 9.17) is 0 Å². The summed E-state index contributed by atoms with van der Waals surface area (Å²) in [5.74, 6) is -1.80. The molecule has 2 aliphatic rings. The zero-order chi connectivity index (χ0) is 25.7. The zero-order valence-electron chi connectivity index (χ0n) is 19.4. The summed E-state index contributed by atoms with van der Waals surface area (Å²) in [4.78, 5) is 31.2. The summed E-state index contributed by atoms with van der Waals surface area (Å²) in [6, 6.07) is 3.76. The van der Waals surface area contributed by atoms with Crippen LogP contribution < -0.4 is 0 Å². The first kappa shape index (κ1) is 23.5. The number of halogens is 4. The predicted molar refractivity (Wildman–Crippen MR) is 123 cm³/mol. The Kier molecular flexibility index (Phi) is 5.66. The summed E-state index contributed by atoms with van der Waals surface area (Å²) < 4.78 is 54.8. The maximum absolute atomic E-state index is 14.1. The van der Waals surface area contributed by atoms with E-state index in [9.17, 15) is 22.4 Å². The van der Waals surface area contributed by atoms with Gasteiger partial charge in [0.25, 0.3) is 5.91 Å². The van der Waals surface area contributed by atoms with Crippen molar-refractivity contribution in [2.45, 2.75) is 25.1 Å². The molecule has 2 fully saturated rings. The average molecular weight is 513 g/mol. The van der Waals surface area contributed by atoms with Gasteiger partial charge in [0.1, 0.15) is 23.7 Å². The van der Waals surface area contributed by atoms with E-state index in [1.807, 2.05) is 23.1 Å². The van der Waals surface area contributed by atoms with Crippen LogP contribution in [0, 0.1) is 11.9 Å². The number of carbonyl (C=O) groups excluding carboxylic acids is 1. The molecular formula is C24H21F4N8O. The maximum atomic E-state index is 14.1. The fourth-order valence-corrected chi connectivity index (χ4v) is 4.91. The minimum absolute atomic E-state index is 0.220. The Morgan fingerprint density at radius 1 is 1.08 bits per heavy atom. The molecule has 2 aliphatic heterocycles. The van der Waals surface area contributed by atoms with Crippen LogP contribution in [0.3, 0.4) is 0 Å². The summed E-state index contributed by atoms with van der Waals surface area (Å²) in [6.07, 6.45) is 4.05. The van der Waals surface area contributed by atoms with Gasteiger partial charge in [-0.2, -0.15) is 18.3 Å². The standard InChI is InChI=1S/C24H21F4N8O/c25-19-9-30-20(24(26,27)28)7-18(19)23(37)34-5-2-15(3-6-34)35-11-16(12-35)36-10-14(8-33-36)21-17-1-4-29-22(17)32-13-31-21/h1,4,7-10,13,15H,2-3,5-6,11-12H2,(H,29,31,32). The first-order chi connectivity index (χ1) is 17.8. The quantitative estimate of drug-likeness (QED) is 0.421. The van der Waals surface area contributed by atoms with Crippen LogP contribution in [0.4, 0.5) is 17.6 Å². The average Bonchev–Trinajstić information content (AvgIpc) is 3.53. The summed E-state index contributed by atoms with van der Waals surface area (Å²) >= 11 is 0. The van der Waals surface area contributed by atoms with E-state index in [-0.39, 0.29) is 6.04 Å². The third-order valence-corrected chi connectivity index (χ3v) is 6.95. The highest BCUT2D eigenvalue weighted by molar-refractivity contribution is 5.94. The number of hydrogen-bond donors (Lipinski definition) is 1. The summed E-state index contributed by atoms with van der Waals surface area (Å²) in [6.45, 7) is 2.11. The predicted octanol–water partition coefficient (Wildman–Crippen LogP) is 3.37. The molecule has 0 atom stereocenters. The van der Waals surface area contributed by atoms with E-state index in [0.29, 0.717) is 38.2 Å². The van der Waals surface area contributed by atoms with Crippen molar-refractivity contribution in [3.63, 3.8) is 0 Å². The van der Waals surface area contributed by atoms with E-state index in [0.717, 1.165) is 41.4 Å². The molecular weight excluding hydrogens is 492 g/mol. The Morgan fingerprint density at radius 2 is 1.86 bits per heavy atom. The number of likely N-dealkylation sites (tertiary alicyclic amines) is 2. The molecule has 0 unspecified atom stereocenters. The molecule has 4 aromatic rings. The van der Waals surface area contributed by atoms with Crippen LogP contribution in [0.1, 0.15) is 28.9 Å². The first-order valence-electron chi connectivity index (χ1n) is 11.7. The van der Waals surface area contributed by atoms with Gasteiger partial charge in [0.05, 0.1) is 23.7 Å². The number of rotatable bonds is 4.